The molecule has 0 aliphatic rings. The summed E-state index contributed by atoms with van der Waals surface area (Å²) < 4.78 is 45.0. The topological polar surface area (TPSA) is 55.4 Å². The van der Waals surface area contributed by atoms with Gasteiger partial charge >= 0.3 is 5.97 Å². The average molecular weight is 351 g/mol. The van der Waals surface area contributed by atoms with E-state index >= 15 is 0 Å². The fourth-order valence-corrected chi connectivity index (χ4v) is 2.40. The smallest absolute Gasteiger partial charge is 0.328 e. The summed E-state index contributed by atoms with van der Waals surface area (Å²) in [4.78, 5) is 24.1. The predicted octanol–water partition coefficient (Wildman–Crippen LogP) is 2.93. The van der Waals surface area contributed by atoms with Crippen molar-refractivity contribution in [3.05, 3.63) is 70.5 Å². The van der Waals surface area contributed by atoms with Crippen LogP contribution in [0.25, 0.3) is 0 Å². The number of benzene rings is 2. The van der Waals surface area contributed by atoms with Crippen molar-refractivity contribution in [2.24, 2.45) is 0 Å². The first-order valence-corrected chi connectivity index (χ1v) is 7.40. The zero-order valence-corrected chi connectivity index (χ0v) is 13.6. The molecule has 2 rings (SSSR count). The summed E-state index contributed by atoms with van der Waals surface area (Å²) in [7, 11) is 1.14. The van der Waals surface area contributed by atoms with Crippen molar-refractivity contribution in [1.29, 1.82) is 0 Å². The van der Waals surface area contributed by atoms with Crippen LogP contribution < -0.4 is 5.32 Å². The van der Waals surface area contributed by atoms with Gasteiger partial charge in [0.2, 0.25) is 0 Å². The van der Waals surface area contributed by atoms with Gasteiger partial charge in [0.25, 0.3) is 5.91 Å². The van der Waals surface area contributed by atoms with Gasteiger partial charge in [-0.15, -0.1) is 0 Å². The van der Waals surface area contributed by atoms with E-state index in [-0.39, 0.29) is 6.42 Å². The minimum atomic E-state index is -1.35. The second kappa shape index (κ2) is 7.83. The molecule has 4 nitrogen and oxygen atoms in total. The lowest BCUT2D eigenvalue weighted by atomic mass is 10.0. The number of esters is 1. The Kier molecular flexibility index (Phi) is 5.80. The maximum atomic E-state index is 13.7. The molecule has 0 saturated carbocycles. The number of nitrogens with one attached hydrogen (secondary N) is 1. The van der Waals surface area contributed by atoms with Crippen LogP contribution in [0.15, 0.2) is 36.4 Å². The normalized spacial score (nSPS) is 11.7. The number of ether oxygens (including phenoxy) is 1. The van der Waals surface area contributed by atoms with Gasteiger partial charge in [-0.2, -0.15) is 0 Å². The number of rotatable bonds is 5. The maximum absolute atomic E-state index is 13.7. The molecule has 0 aliphatic heterocycles. The quantitative estimate of drug-likeness (QED) is 0.843. The summed E-state index contributed by atoms with van der Waals surface area (Å²) in [5, 5.41) is 2.24. The maximum Gasteiger partial charge on any atom is 0.328 e. The van der Waals surface area contributed by atoms with Crippen molar-refractivity contribution in [2.75, 3.05) is 7.11 Å². The molecule has 0 spiro atoms. The van der Waals surface area contributed by atoms with E-state index in [4.69, 9.17) is 0 Å². The molecule has 7 heteroatoms. The van der Waals surface area contributed by atoms with E-state index in [0.717, 1.165) is 18.2 Å². The molecule has 0 radical (unpaired) electrons. The molecule has 1 atom stereocenters. The SMILES string of the molecule is COC(=O)[C@@H](Cc1cccc(C)c1)NC(=O)c1c(F)cc(F)cc1F. The number of methoxy groups -OCH3 is 1. The second-order valence-corrected chi connectivity index (χ2v) is 5.49. The molecular weight excluding hydrogens is 335 g/mol. The van der Waals surface area contributed by atoms with Gasteiger partial charge in [0.05, 0.1) is 7.11 Å². The molecule has 0 fully saturated rings. The predicted molar refractivity (Wildman–Crippen MR) is 84.5 cm³/mol. The van der Waals surface area contributed by atoms with Crippen LogP contribution in [0.2, 0.25) is 0 Å². The van der Waals surface area contributed by atoms with Crippen molar-refractivity contribution in [3.8, 4) is 0 Å². The Morgan fingerprint density at radius 3 is 2.32 bits per heavy atom. The third-order valence-corrected chi connectivity index (χ3v) is 3.55. The number of amides is 1. The summed E-state index contributed by atoms with van der Waals surface area (Å²) in [6.07, 6.45) is 0.0739. The number of hydrogen-bond donors (Lipinski definition) is 1. The summed E-state index contributed by atoms with van der Waals surface area (Å²) >= 11 is 0. The monoisotopic (exact) mass is 351 g/mol. The molecule has 2 aromatic rings. The van der Waals surface area contributed by atoms with Gasteiger partial charge in [-0.3, -0.25) is 4.79 Å². The molecular formula is C18H16F3NO3. The standard InChI is InChI=1S/C18H16F3NO3/c1-10-4-3-5-11(6-10)7-15(18(24)25-2)22-17(23)16-13(20)8-12(19)9-14(16)21/h3-6,8-9,15H,7H2,1-2H3,(H,22,23)/t15-/m1/s1. The van der Waals surface area contributed by atoms with Gasteiger partial charge in [0.1, 0.15) is 29.1 Å². The van der Waals surface area contributed by atoms with Crippen LogP contribution >= 0.6 is 0 Å². The Morgan fingerprint density at radius 2 is 1.76 bits per heavy atom. The number of halogens is 3. The molecule has 0 aliphatic carbocycles. The van der Waals surface area contributed by atoms with Gasteiger partial charge in [-0.25, -0.2) is 18.0 Å². The van der Waals surface area contributed by atoms with Crippen molar-refractivity contribution in [1.82, 2.24) is 5.32 Å². The molecule has 25 heavy (non-hydrogen) atoms. The molecule has 1 N–H and O–H groups in total. The molecule has 0 heterocycles. The number of aryl methyl sites for hydroxylation is 1. The highest BCUT2D eigenvalue weighted by Gasteiger charge is 2.26. The molecule has 1 amide bonds. The first-order chi connectivity index (χ1) is 11.8. The van der Waals surface area contributed by atoms with Crippen molar-refractivity contribution in [3.63, 3.8) is 0 Å². The van der Waals surface area contributed by atoms with Crippen LogP contribution in [0, 0.1) is 24.4 Å². The van der Waals surface area contributed by atoms with Crippen LogP contribution in [0.3, 0.4) is 0 Å². The third kappa shape index (κ3) is 4.59. The Labute approximate surface area is 142 Å². The second-order valence-electron chi connectivity index (χ2n) is 5.49. The highest BCUT2D eigenvalue weighted by molar-refractivity contribution is 5.97. The van der Waals surface area contributed by atoms with Crippen LogP contribution in [0.4, 0.5) is 13.2 Å². The summed E-state index contributed by atoms with van der Waals surface area (Å²) in [6, 6.07) is 6.83. The number of hydrogen-bond acceptors (Lipinski definition) is 3. The fraction of sp³-hybridized carbons (Fsp3) is 0.222. The van der Waals surface area contributed by atoms with Crippen molar-refractivity contribution in [2.45, 2.75) is 19.4 Å². The van der Waals surface area contributed by atoms with E-state index in [9.17, 15) is 22.8 Å². The van der Waals surface area contributed by atoms with Crippen LogP contribution in [0.5, 0.6) is 0 Å². The summed E-state index contributed by atoms with van der Waals surface area (Å²) in [6.45, 7) is 1.86. The molecule has 2 aromatic carbocycles. The van der Waals surface area contributed by atoms with Crippen LogP contribution in [-0.2, 0) is 16.0 Å². The molecule has 0 saturated heterocycles. The van der Waals surface area contributed by atoms with Gasteiger partial charge in [-0.1, -0.05) is 29.8 Å². The number of carbonyl (C=O) groups excluding carboxylic acids is 2. The molecule has 0 aromatic heterocycles. The molecule has 132 valence electrons. The highest BCUT2D eigenvalue weighted by atomic mass is 19.1. The Hall–Kier alpha value is -2.83. The minimum Gasteiger partial charge on any atom is -0.467 e. The highest BCUT2D eigenvalue weighted by Crippen LogP contribution is 2.15. The molecule has 0 bridgehead atoms. The van der Waals surface area contributed by atoms with Gasteiger partial charge in [-0.05, 0) is 12.5 Å². The van der Waals surface area contributed by atoms with Gasteiger partial charge < -0.3 is 10.1 Å². The Bertz CT molecular complexity index is 785. The lowest BCUT2D eigenvalue weighted by molar-refractivity contribution is -0.142. The van der Waals surface area contributed by atoms with E-state index in [2.05, 4.69) is 10.1 Å². The zero-order valence-electron chi connectivity index (χ0n) is 13.6. The molecule has 0 unspecified atom stereocenters. The van der Waals surface area contributed by atoms with E-state index in [1.54, 1.807) is 18.2 Å². The van der Waals surface area contributed by atoms with E-state index in [0.29, 0.717) is 12.1 Å². The van der Waals surface area contributed by atoms with E-state index < -0.39 is 40.9 Å². The first-order valence-electron chi connectivity index (χ1n) is 7.40. The zero-order chi connectivity index (χ0) is 18.6. The van der Waals surface area contributed by atoms with Gasteiger partial charge in [0, 0.05) is 18.6 Å². The van der Waals surface area contributed by atoms with Crippen molar-refractivity contribution >= 4 is 11.9 Å². The van der Waals surface area contributed by atoms with Crippen LogP contribution in [0.1, 0.15) is 21.5 Å². The lowest BCUT2D eigenvalue weighted by Crippen LogP contribution is -2.43. The van der Waals surface area contributed by atoms with E-state index in [1.165, 1.54) is 0 Å². The fourth-order valence-electron chi connectivity index (χ4n) is 2.40. The summed E-state index contributed by atoms with van der Waals surface area (Å²) in [5.41, 5.74) is 0.721. The number of carbonyl (C=O) groups is 2. The first kappa shape index (κ1) is 18.5. The van der Waals surface area contributed by atoms with Crippen LogP contribution in [-0.4, -0.2) is 25.0 Å². The summed E-state index contributed by atoms with van der Waals surface area (Å²) in [5.74, 6) is -5.78. The van der Waals surface area contributed by atoms with Gasteiger partial charge in [0.15, 0.2) is 0 Å². The largest absolute Gasteiger partial charge is 0.467 e. The Morgan fingerprint density at radius 1 is 1.12 bits per heavy atom. The third-order valence-electron chi connectivity index (χ3n) is 3.55. The Balaban J connectivity index is 2.25. The average Bonchev–Trinajstić information content (AvgIpc) is 2.52. The lowest BCUT2D eigenvalue weighted by Gasteiger charge is -2.17. The van der Waals surface area contributed by atoms with E-state index in [1.807, 2.05) is 13.0 Å². The van der Waals surface area contributed by atoms with Crippen molar-refractivity contribution < 1.29 is 27.5 Å². The minimum absolute atomic E-state index is 0.0739.